The van der Waals surface area contributed by atoms with E-state index in [-0.39, 0.29) is 0 Å². The van der Waals surface area contributed by atoms with Crippen LogP contribution in [0.2, 0.25) is 0 Å². The Kier molecular flexibility index (Phi) is 2.00. The molecule has 0 aromatic heterocycles. The van der Waals surface area contributed by atoms with Crippen molar-refractivity contribution in [3.63, 3.8) is 0 Å². The van der Waals surface area contributed by atoms with E-state index in [2.05, 4.69) is 0 Å². The average Bonchev–Trinajstić information content (AvgIpc) is 1.94. The van der Waals surface area contributed by atoms with Gasteiger partial charge in [0.05, 0.1) is 7.11 Å². The lowest BCUT2D eigenvalue weighted by Crippen LogP contribution is -1.98. The highest BCUT2D eigenvalue weighted by Crippen LogP contribution is 2.21. The van der Waals surface area contributed by atoms with Crippen molar-refractivity contribution in [2.45, 2.75) is 19.8 Å². The minimum absolute atomic E-state index is 0.369. The number of methoxy groups -OCH3 is 1. The van der Waals surface area contributed by atoms with Crippen molar-refractivity contribution in [2.75, 3.05) is 7.11 Å². The first kappa shape index (κ1) is 7.19. The van der Waals surface area contributed by atoms with Crippen LogP contribution in [0, 0.1) is 0 Å². The molecular formula is C8H12O2. The summed E-state index contributed by atoms with van der Waals surface area (Å²) in [4.78, 5) is 0. The monoisotopic (exact) mass is 140 g/mol. The summed E-state index contributed by atoms with van der Waals surface area (Å²) in [5, 5.41) is 9.20. The molecule has 2 nitrogen and oxygen atoms in total. The standard InChI is InChI=1S/C8H12O2/c1-6-3-4-7(9)8(5-6)10-2/h5,9H,3-4H2,1-2H3. The molecule has 1 N–H and O–H groups in total. The van der Waals surface area contributed by atoms with Crippen molar-refractivity contribution in [3.8, 4) is 0 Å². The van der Waals surface area contributed by atoms with Gasteiger partial charge in [-0.05, 0) is 19.4 Å². The quantitative estimate of drug-likeness (QED) is 0.604. The van der Waals surface area contributed by atoms with Gasteiger partial charge in [0.15, 0.2) is 5.76 Å². The highest BCUT2D eigenvalue weighted by molar-refractivity contribution is 5.24. The Morgan fingerprint density at radius 2 is 2.20 bits per heavy atom. The number of rotatable bonds is 1. The molecule has 1 rings (SSSR count). The van der Waals surface area contributed by atoms with Gasteiger partial charge in [0.1, 0.15) is 5.76 Å². The van der Waals surface area contributed by atoms with Crippen molar-refractivity contribution in [2.24, 2.45) is 0 Å². The molecule has 0 fully saturated rings. The maximum absolute atomic E-state index is 9.20. The smallest absolute Gasteiger partial charge is 0.156 e. The second-order valence-electron chi connectivity index (χ2n) is 2.51. The van der Waals surface area contributed by atoms with E-state index in [0.717, 1.165) is 6.42 Å². The SMILES string of the molecule is COC1=C(O)CCC(C)=C1. The average molecular weight is 140 g/mol. The van der Waals surface area contributed by atoms with Crippen molar-refractivity contribution in [1.29, 1.82) is 0 Å². The van der Waals surface area contributed by atoms with Crippen LogP contribution in [0.15, 0.2) is 23.2 Å². The van der Waals surface area contributed by atoms with Gasteiger partial charge in [0, 0.05) is 6.42 Å². The Morgan fingerprint density at radius 3 is 2.70 bits per heavy atom. The molecule has 0 heterocycles. The Balaban J connectivity index is 2.82. The van der Waals surface area contributed by atoms with Gasteiger partial charge < -0.3 is 9.84 Å². The molecule has 10 heavy (non-hydrogen) atoms. The fourth-order valence-corrected chi connectivity index (χ4v) is 0.995. The number of aliphatic hydroxyl groups excluding tert-OH is 1. The van der Waals surface area contributed by atoms with Crippen LogP contribution in [0.1, 0.15) is 19.8 Å². The van der Waals surface area contributed by atoms with Crippen LogP contribution in [0.5, 0.6) is 0 Å². The molecule has 1 aliphatic carbocycles. The van der Waals surface area contributed by atoms with Crippen molar-refractivity contribution in [3.05, 3.63) is 23.2 Å². The van der Waals surface area contributed by atoms with E-state index in [4.69, 9.17) is 4.74 Å². The Hall–Kier alpha value is -0.920. The molecule has 0 atom stereocenters. The van der Waals surface area contributed by atoms with E-state index in [1.54, 1.807) is 7.11 Å². The summed E-state index contributed by atoms with van der Waals surface area (Å²) in [5.74, 6) is 0.983. The summed E-state index contributed by atoms with van der Waals surface area (Å²) >= 11 is 0. The summed E-state index contributed by atoms with van der Waals surface area (Å²) in [7, 11) is 1.57. The molecular weight excluding hydrogens is 128 g/mol. The molecule has 0 saturated carbocycles. The van der Waals surface area contributed by atoms with Gasteiger partial charge in [-0.2, -0.15) is 0 Å². The molecule has 0 radical (unpaired) electrons. The van der Waals surface area contributed by atoms with Crippen LogP contribution >= 0.6 is 0 Å². The third-order valence-electron chi connectivity index (χ3n) is 1.64. The predicted octanol–water partition coefficient (Wildman–Crippen LogP) is 2.14. The zero-order valence-corrected chi connectivity index (χ0v) is 6.35. The van der Waals surface area contributed by atoms with Crippen LogP contribution in [0.25, 0.3) is 0 Å². The van der Waals surface area contributed by atoms with Gasteiger partial charge in [-0.1, -0.05) is 5.57 Å². The fourth-order valence-electron chi connectivity index (χ4n) is 0.995. The largest absolute Gasteiger partial charge is 0.508 e. The van der Waals surface area contributed by atoms with Crippen LogP contribution in [0.3, 0.4) is 0 Å². The van der Waals surface area contributed by atoms with Crippen molar-refractivity contribution < 1.29 is 9.84 Å². The van der Waals surface area contributed by atoms with Gasteiger partial charge in [-0.25, -0.2) is 0 Å². The van der Waals surface area contributed by atoms with Gasteiger partial charge in [0.2, 0.25) is 0 Å². The topological polar surface area (TPSA) is 29.5 Å². The lowest BCUT2D eigenvalue weighted by molar-refractivity contribution is 0.257. The second-order valence-corrected chi connectivity index (χ2v) is 2.51. The fraction of sp³-hybridized carbons (Fsp3) is 0.500. The van der Waals surface area contributed by atoms with Crippen LogP contribution in [-0.2, 0) is 4.74 Å². The zero-order chi connectivity index (χ0) is 7.56. The predicted molar refractivity (Wildman–Crippen MR) is 39.7 cm³/mol. The molecule has 0 bridgehead atoms. The Bertz CT molecular complexity index is 189. The second kappa shape index (κ2) is 2.78. The number of hydrogen-bond donors (Lipinski definition) is 1. The molecule has 0 amide bonds. The number of allylic oxidation sites excluding steroid dienone is 3. The van der Waals surface area contributed by atoms with E-state index in [1.165, 1.54) is 5.57 Å². The molecule has 0 aromatic rings. The van der Waals surface area contributed by atoms with E-state index >= 15 is 0 Å². The number of ether oxygens (including phenoxy) is 1. The lowest BCUT2D eigenvalue weighted by atomic mass is 10.0. The minimum Gasteiger partial charge on any atom is -0.508 e. The van der Waals surface area contributed by atoms with Gasteiger partial charge in [-0.3, -0.25) is 0 Å². The molecule has 1 aliphatic rings. The Labute approximate surface area is 60.8 Å². The number of aliphatic hydroxyl groups is 1. The summed E-state index contributed by atoms with van der Waals surface area (Å²) < 4.78 is 4.93. The number of hydrogen-bond acceptors (Lipinski definition) is 2. The molecule has 0 spiro atoms. The lowest BCUT2D eigenvalue weighted by Gasteiger charge is -2.12. The minimum atomic E-state index is 0.369. The summed E-state index contributed by atoms with van der Waals surface area (Å²) in [5.41, 5.74) is 1.26. The van der Waals surface area contributed by atoms with Crippen molar-refractivity contribution in [1.82, 2.24) is 0 Å². The van der Waals surface area contributed by atoms with Gasteiger partial charge >= 0.3 is 0 Å². The van der Waals surface area contributed by atoms with Crippen LogP contribution in [-0.4, -0.2) is 12.2 Å². The van der Waals surface area contributed by atoms with E-state index in [0.29, 0.717) is 17.9 Å². The van der Waals surface area contributed by atoms with Crippen LogP contribution in [0.4, 0.5) is 0 Å². The van der Waals surface area contributed by atoms with Crippen LogP contribution < -0.4 is 0 Å². The molecule has 2 heteroatoms. The normalized spacial score (nSPS) is 18.8. The summed E-state index contributed by atoms with van der Waals surface area (Å²) in [6.07, 6.45) is 3.53. The molecule has 56 valence electrons. The van der Waals surface area contributed by atoms with E-state index < -0.39 is 0 Å². The van der Waals surface area contributed by atoms with Gasteiger partial charge in [0.25, 0.3) is 0 Å². The van der Waals surface area contributed by atoms with E-state index in [9.17, 15) is 5.11 Å². The van der Waals surface area contributed by atoms with E-state index in [1.807, 2.05) is 13.0 Å². The maximum atomic E-state index is 9.20. The molecule has 0 saturated heterocycles. The molecule has 0 unspecified atom stereocenters. The molecule has 0 aromatic carbocycles. The third kappa shape index (κ3) is 1.32. The zero-order valence-electron chi connectivity index (χ0n) is 6.35. The van der Waals surface area contributed by atoms with Crippen molar-refractivity contribution >= 4 is 0 Å². The molecule has 0 aliphatic heterocycles. The Morgan fingerprint density at radius 1 is 1.50 bits per heavy atom. The third-order valence-corrected chi connectivity index (χ3v) is 1.64. The first-order valence-corrected chi connectivity index (χ1v) is 3.37. The first-order valence-electron chi connectivity index (χ1n) is 3.37. The highest BCUT2D eigenvalue weighted by Gasteiger charge is 2.09. The highest BCUT2D eigenvalue weighted by atomic mass is 16.5. The summed E-state index contributed by atoms with van der Waals surface area (Å²) in [6, 6.07) is 0. The first-order chi connectivity index (χ1) is 4.74. The summed E-state index contributed by atoms with van der Waals surface area (Å²) in [6.45, 7) is 2.03. The maximum Gasteiger partial charge on any atom is 0.156 e. The van der Waals surface area contributed by atoms with Gasteiger partial charge in [-0.15, -0.1) is 0 Å².